The fourth-order valence-electron chi connectivity index (χ4n) is 2.44. The van der Waals surface area contributed by atoms with Crippen molar-refractivity contribution in [2.75, 3.05) is 0 Å². The van der Waals surface area contributed by atoms with Gasteiger partial charge in [0.1, 0.15) is 5.82 Å². The highest BCUT2D eigenvalue weighted by molar-refractivity contribution is 5.76. The van der Waals surface area contributed by atoms with Gasteiger partial charge in [-0.2, -0.15) is 13.2 Å². The molecule has 1 heterocycles. The van der Waals surface area contributed by atoms with E-state index in [0.717, 1.165) is 37.2 Å². The molecule has 19 heavy (non-hydrogen) atoms. The molecular formula is C14H13F3N2. The maximum absolute atomic E-state index is 12.6. The molecule has 0 saturated heterocycles. The van der Waals surface area contributed by atoms with Crippen LogP contribution in [0.15, 0.2) is 30.4 Å². The van der Waals surface area contributed by atoms with Crippen LogP contribution in [-0.2, 0) is 6.18 Å². The first-order valence-corrected chi connectivity index (χ1v) is 6.26. The zero-order valence-corrected chi connectivity index (χ0v) is 10.2. The summed E-state index contributed by atoms with van der Waals surface area (Å²) >= 11 is 0. The summed E-state index contributed by atoms with van der Waals surface area (Å²) in [6.45, 7) is 0. The molecule has 0 radical (unpaired) electrons. The van der Waals surface area contributed by atoms with Crippen LogP contribution in [0.3, 0.4) is 0 Å². The van der Waals surface area contributed by atoms with Gasteiger partial charge in [0.15, 0.2) is 0 Å². The number of aromatic amines is 1. The minimum atomic E-state index is -4.31. The van der Waals surface area contributed by atoms with Crippen molar-refractivity contribution in [3.63, 3.8) is 0 Å². The Kier molecular flexibility index (Phi) is 2.84. The fourth-order valence-corrected chi connectivity index (χ4v) is 2.44. The van der Waals surface area contributed by atoms with E-state index >= 15 is 0 Å². The minimum Gasteiger partial charge on any atom is -0.342 e. The summed E-state index contributed by atoms with van der Waals surface area (Å²) < 4.78 is 37.9. The Labute approximate surface area is 108 Å². The monoisotopic (exact) mass is 266 g/mol. The molecule has 1 unspecified atom stereocenters. The summed E-state index contributed by atoms with van der Waals surface area (Å²) in [5, 5.41) is 0. The van der Waals surface area contributed by atoms with Crippen LogP contribution in [0.25, 0.3) is 11.0 Å². The van der Waals surface area contributed by atoms with Gasteiger partial charge < -0.3 is 4.98 Å². The zero-order valence-electron chi connectivity index (χ0n) is 10.2. The number of rotatable bonds is 1. The van der Waals surface area contributed by atoms with Crippen molar-refractivity contribution in [1.29, 1.82) is 0 Å². The molecular weight excluding hydrogens is 253 g/mol. The molecule has 1 aromatic heterocycles. The highest BCUT2D eigenvalue weighted by Crippen LogP contribution is 2.32. The molecule has 0 bridgehead atoms. The number of nitrogens with one attached hydrogen (secondary N) is 1. The quantitative estimate of drug-likeness (QED) is 0.761. The maximum atomic E-state index is 12.6. The van der Waals surface area contributed by atoms with Crippen LogP contribution in [0, 0.1) is 0 Å². The minimum absolute atomic E-state index is 0.284. The van der Waals surface area contributed by atoms with E-state index in [2.05, 4.69) is 22.1 Å². The first-order chi connectivity index (χ1) is 9.04. The topological polar surface area (TPSA) is 28.7 Å². The van der Waals surface area contributed by atoms with E-state index in [9.17, 15) is 13.2 Å². The van der Waals surface area contributed by atoms with Crippen molar-refractivity contribution < 1.29 is 13.2 Å². The first kappa shape index (κ1) is 12.3. The molecule has 0 aliphatic heterocycles. The van der Waals surface area contributed by atoms with Crippen molar-refractivity contribution >= 4 is 11.0 Å². The van der Waals surface area contributed by atoms with Crippen LogP contribution in [0.2, 0.25) is 0 Å². The molecule has 3 rings (SSSR count). The van der Waals surface area contributed by atoms with Gasteiger partial charge in [0, 0.05) is 5.92 Å². The van der Waals surface area contributed by atoms with Crippen molar-refractivity contribution in [3.8, 4) is 0 Å². The maximum Gasteiger partial charge on any atom is 0.416 e. The number of benzene rings is 1. The predicted molar refractivity (Wildman–Crippen MR) is 66.8 cm³/mol. The number of hydrogen-bond donors (Lipinski definition) is 1. The summed E-state index contributed by atoms with van der Waals surface area (Å²) in [7, 11) is 0. The molecule has 2 aromatic rings. The second-order valence-corrected chi connectivity index (χ2v) is 4.83. The Bertz CT molecular complexity index is 625. The number of nitrogens with zero attached hydrogens (tertiary/aromatic N) is 1. The lowest BCUT2D eigenvalue weighted by molar-refractivity contribution is -0.137. The van der Waals surface area contributed by atoms with E-state index in [1.807, 2.05) is 0 Å². The molecule has 1 aromatic carbocycles. The third kappa shape index (κ3) is 2.37. The second kappa shape index (κ2) is 4.40. The Morgan fingerprint density at radius 1 is 1.21 bits per heavy atom. The number of aromatic nitrogens is 2. The molecule has 100 valence electrons. The molecule has 0 saturated carbocycles. The van der Waals surface area contributed by atoms with E-state index in [0.29, 0.717) is 11.0 Å². The Hall–Kier alpha value is -1.78. The van der Waals surface area contributed by atoms with Gasteiger partial charge in [-0.25, -0.2) is 4.98 Å². The Morgan fingerprint density at radius 2 is 2.05 bits per heavy atom. The Balaban J connectivity index is 1.99. The van der Waals surface area contributed by atoms with Crippen LogP contribution < -0.4 is 0 Å². The van der Waals surface area contributed by atoms with Crippen LogP contribution in [-0.4, -0.2) is 9.97 Å². The number of hydrogen-bond acceptors (Lipinski definition) is 1. The van der Waals surface area contributed by atoms with Crippen molar-refractivity contribution in [1.82, 2.24) is 9.97 Å². The molecule has 5 heteroatoms. The largest absolute Gasteiger partial charge is 0.416 e. The number of alkyl halides is 3. The zero-order chi connectivity index (χ0) is 13.5. The van der Waals surface area contributed by atoms with E-state index in [1.165, 1.54) is 6.07 Å². The summed E-state index contributed by atoms with van der Waals surface area (Å²) in [6, 6.07) is 3.63. The highest BCUT2D eigenvalue weighted by atomic mass is 19.4. The molecule has 0 amide bonds. The van der Waals surface area contributed by atoms with Gasteiger partial charge in [0.25, 0.3) is 0 Å². The number of fused-ring (bicyclic) bond motifs is 1. The van der Waals surface area contributed by atoms with E-state index in [1.54, 1.807) is 0 Å². The molecule has 1 aliphatic carbocycles. The van der Waals surface area contributed by atoms with Crippen molar-refractivity contribution in [2.45, 2.75) is 31.4 Å². The number of allylic oxidation sites excluding steroid dienone is 2. The van der Waals surface area contributed by atoms with Crippen LogP contribution in [0.5, 0.6) is 0 Å². The predicted octanol–water partition coefficient (Wildman–Crippen LogP) is 4.41. The van der Waals surface area contributed by atoms with Gasteiger partial charge in [0.2, 0.25) is 0 Å². The van der Waals surface area contributed by atoms with Crippen LogP contribution >= 0.6 is 0 Å². The average molecular weight is 266 g/mol. The van der Waals surface area contributed by atoms with E-state index in [4.69, 9.17) is 0 Å². The lowest BCUT2D eigenvalue weighted by Crippen LogP contribution is -2.04. The molecule has 0 spiro atoms. The summed E-state index contributed by atoms with van der Waals surface area (Å²) in [6.07, 6.45) is 2.79. The van der Waals surface area contributed by atoms with Gasteiger partial charge in [-0.05, 0) is 37.5 Å². The smallest absolute Gasteiger partial charge is 0.342 e. The van der Waals surface area contributed by atoms with Gasteiger partial charge in [-0.1, -0.05) is 12.2 Å². The summed E-state index contributed by atoms with van der Waals surface area (Å²) in [5.74, 6) is 1.07. The second-order valence-electron chi connectivity index (χ2n) is 4.83. The van der Waals surface area contributed by atoms with Gasteiger partial charge >= 0.3 is 6.18 Å². The standard InChI is InChI=1S/C14H13F3N2/c15-14(16,17)10-6-7-11-12(8-10)19-13(18-11)9-4-2-1-3-5-9/h1-2,6-9H,3-5H2,(H,18,19). The summed E-state index contributed by atoms with van der Waals surface area (Å²) in [4.78, 5) is 7.44. The van der Waals surface area contributed by atoms with E-state index in [-0.39, 0.29) is 5.92 Å². The Morgan fingerprint density at radius 3 is 2.74 bits per heavy atom. The molecule has 0 fully saturated rings. The molecule has 2 nitrogen and oxygen atoms in total. The molecule has 1 aliphatic rings. The van der Waals surface area contributed by atoms with Gasteiger partial charge in [-0.15, -0.1) is 0 Å². The third-order valence-corrected chi connectivity index (χ3v) is 3.48. The molecule has 1 N–H and O–H groups in total. The van der Waals surface area contributed by atoms with Crippen LogP contribution in [0.4, 0.5) is 13.2 Å². The number of H-pyrrole nitrogens is 1. The lowest BCUT2D eigenvalue weighted by atomic mass is 9.94. The number of halogens is 3. The normalized spacial score (nSPS) is 20.1. The van der Waals surface area contributed by atoms with Crippen molar-refractivity contribution in [3.05, 3.63) is 41.7 Å². The SMILES string of the molecule is FC(F)(F)c1ccc2nc(C3CC=CCC3)[nH]c2c1. The fraction of sp³-hybridized carbons (Fsp3) is 0.357. The third-order valence-electron chi connectivity index (χ3n) is 3.48. The molecule has 1 atom stereocenters. The van der Waals surface area contributed by atoms with Gasteiger partial charge in [-0.3, -0.25) is 0 Å². The number of imidazole rings is 1. The summed E-state index contributed by atoms with van der Waals surface area (Å²) in [5.41, 5.74) is 0.413. The average Bonchev–Trinajstić information content (AvgIpc) is 2.81. The lowest BCUT2D eigenvalue weighted by Gasteiger charge is -2.14. The first-order valence-electron chi connectivity index (χ1n) is 6.26. The van der Waals surface area contributed by atoms with Gasteiger partial charge in [0.05, 0.1) is 16.6 Å². The van der Waals surface area contributed by atoms with E-state index < -0.39 is 11.7 Å². The van der Waals surface area contributed by atoms with Crippen LogP contribution in [0.1, 0.15) is 36.6 Å². The van der Waals surface area contributed by atoms with Crippen molar-refractivity contribution in [2.24, 2.45) is 0 Å². The highest BCUT2D eigenvalue weighted by Gasteiger charge is 2.30.